The maximum atomic E-state index is 11.9. The molecule has 0 spiro atoms. The molecule has 0 unspecified atom stereocenters. The Bertz CT molecular complexity index is 1000. The van der Waals surface area contributed by atoms with Crippen molar-refractivity contribution in [2.24, 2.45) is 0 Å². The topological polar surface area (TPSA) is 129 Å². The lowest BCUT2D eigenvalue weighted by atomic mass is 10.1. The average molecular weight is 397 g/mol. The Morgan fingerprint density at radius 1 is 1.07 bits per heavy atom. The Morgan fingerprint density at radius 3 is 2.52 bits per heavy atom. The van der Waals surface area contributed by atoms with Crippen molar-refractivity contribution < 1.29 is 9.59 Å². The van der Waals surface area contributed by atoms with Crippen LogP contribution in [0.2, 0.25) is 0 Å². The molecule has 1 saturated carbocycles. The summed E-state index contributed by atoms with van der Waals surface area (Å²) >= 11 is 0. The van der Waals surface area contributed by atoms with Gasteiger partial charge in [-0.15, -0.1) is 0 Å². The summed E-state index contributed by atoms with van der Waals surface area (Å²) in [6.45, 7) is 2.07. The van der Waals surface area contributed by atoms with Crippen LogP contribution < -0.4 is 21.3 Å². The van der Waals surface area contributed by atoms with E-state index in [9.17, 15) is 9.59 Å². The fourth-order valence-electron chi connectivity index (χ4n) is 3.54. The van der Waals surface area contributed by atoms with Gasteiger partial charge in [0.15, 0.2) is 5.65 Å². The zero-order valence-electron chi connectivity index (χ0n) is 16.1. The fraction of sp³-hybridized carbons (Fsp3) is 0.500. The molecule has 1 aliphatic carbocycles. The predicted molar refractivity (Wildman–Crippen MR) is 106 cm³/mol. The summed E-state index contributed by atoms with van der Waals surface area (Å²) < 4.78 is 1.64. The van der Waals surface area contributed by atoms with E-state index in [1.54, 1.807) is 16.8 Å². The molecule has 2 aromatic rings. The number of hydrogen-bond donors (Lipinski definition) is 4. The Kier molecular flexibility index (Phi) is 4.31. The predicted octanol–water partition coefficient (Wildman–Crippen LogP) is 0.385. The molecule has 11 nitrogen and oxygen atoms in total. The van der Waals surface area contributed by atoms with Crippen LogP contribution in [0.25, 0.3) is 11.7 Å². The lowest BCUT2D eigenvalue weighted by Crippen LogP contribution is -2.37. The molecule has 4 heterocycles. The first-order chi connectivity index (χ1) is 14.0. The van der Waals surface area contributed by atoms with Crippen molar-refractivity contribution in [3.8, 4) is 0 Å². The number of aromatic nitrogens is 4. The molecule has 0 aromatic carbocycles. The Morgan fingerprint density at radius 2 is 1.83 bits per heavy atom. The van der Waals surface area contributed by atoms with E-state index >= 15 is 0 Å². The highest BCUT2D eigenvalue weighted by Gasteiger charge is 2.26. The van der Waals surface area contributed by atoms with E-state index in [0.717, 1.165) is 38.8 Å². The summed E-state index contributed by atoms with van der Waals surface area (Å²) in [7, 11) is 2.13. The number of anilines is 2. The molecule has 5 rings (SSSR count). The minimum Gasteiger partial charge on any atom is -0.351 e. The zero-order chi connectivity index (χ0) is 20.0. The molecular formula is C18H23N9O2. The van der Waals surface area contributed by atoms with Crippen molar-refractivity contribution in [1.82, 2.24) is 35.1 Å². The number of nitrogens with zero attached hydrogens (tertiary/aromatic N) is 5. The Balaban J connectivity index is 1.49. The van der Waals surface area contributed by atoms with Gasteiger partial charge >= 0.3 is 6.03 Å². The average Bonchev–Trinajstić information content (AvgIpc) is 3.33. The molecule has 0 bridgehead atoms. The van der Waals surface area contributed by atoms with Gasteiger partial charge in [0.1, 0.15) is 5.70 Å². The van der Waals surface area contributed by atoms with Gasteiger partial charge in [-0.2, -0.15) is 19.6 Å². The molecule has 2 aliphatic heterocycles. The molecule has 4 N–H and O–H groups in total. The monoisotopic (exact) mass is 397 g/mol. The summed E-state index contributed by atoms with van der Waals surface area (Å²) in [5.74, 6) is 0.692. The van der Waals surface area contributed by atoms with Gasteiger partial charge in [-0.1, -0.05) is 0 Å². The molecule has 29 heavy (non-hydrogen) atoms. The van der Waals surface area contributed by atoms with Crippen LogP contribution in [0.4, 0.5) is 16.7 Å². The number of likely N-dealkylation sites (tertiary alicyclic amines) is 1. The fourth-order valence-corrected chi connectivity index (χ4v) is 3.54. The molecule has 11 heteroatoms. The van der Waals surface area contributed by atoms with Crippen molar-refractivity contribution in [3.05, 3.63) is 17.5 Å². The van der Waals surface area contributed by atoms with Gasteiger partial charge in [0.25, 0.3) is 5.91 Å². The highest BCUT2D eigenvalue weighted by Crippen LogP contribution is 2.26. The second-order valence-electron chi connectivity index (χ2n) is 7.81. The van der Waals surface area contributed by atoms with Crippen molar-refractivity contribution >= 4 is 35.6 Å². The van der Waals surface area contributed by atoms with Crippen LogP contribution in [-0.4, -0.2) is 68.6 Å². The summed E-state index contributed by atoms with van der Waals surface area (Å²) in [5.41, 5.74) is 1.37. The van der Waals surface area contributed by atoms with Crippen LogP contribution in [-0.2, 0) is 4.79 Å². The van der Waals surface area contributed by atoms with E-state index in [2.05, 4.69) is 48.3 Å². The van der Waals surface area contributed by atoms with Crippen LogP contribution in [0.1, 0.15) is 31.2 Å². The quantitative estimate of drug-likeness (QED) is 0.421. The molecule has 2 saturated heterocycles. The maximum Gasteiger partial charge on any atom is 0.326 e. The van der Waals surface area contributed by atoms with Crippen molar-refractivity contribution in [2.75, 3.05) is 30.8 Å². The van der Waals surface area contributed by atoms with Gasteiger partial charge in [0, 0.05) is 17.6 Å². The molecule has 2 aromatic heterocycles. The smallest absolute Gasteiger partial charge is 0.326 e. The normalized spacial score (nSPS) is 22.2. The number of imide groups is 1. The van der Waals surface area contributed by atoms with Gasteiger partial charge in [-0.25, -0.2) is 4.79 Å². The largest absolute Gasteiger partial charge is 0.351 e. The van der Waals surface area contributed by atoms with Crippen LogP contribution in [0.5, 0.6) is 0 Å². The zero-order valence-corrected chi connectivity index (χ0v) is 16.1. The van der Waals surface area contributed by atoms with Crippen LogP contribution in [0.3, 0.4) is 0 Å². The lowest BCUT2D eigenvalue weighted by molar-refractivity contribution is -0.115. The molecule has 3 fully saturated rings. The van der Waals surface area contributed by atoms with E-state index in [-0.39, 0.29) is 5.70 Å². The third-order valence-corrected chi connectivity index (χ3v) is 5.38. The summed E-state index contributed by atoms with van der Waals surface area (Å²) in [6.07, 6.45) is 7.46. The Hall–Kier alpha value is -3.21. The van der Waals surface area contributed by atoms with Crippen molar-refractivity contribution in [1.29, 1.82) is 0 Å². The van der Waals surface area contributed by atoms with E-state index in [4.69, 9.17) is 0 Å². The van der Waals surface area contributed by atoms with Gasteiger partial charge in [-0.05, 0) is 51.9 Å². The van der Waals surface area contributed by atoms with E-state index < -0.39 is 11.9 Å². The standard InChI is InChI=1S/C18H23N9O2/c1-26-6-4-12(5-7-26)20-16-23-14-10(8-13-15(28)24-18(29)22-13)9-19-27(14)17(25-16)21-11-2-3-11/h8-9,11-12H,2-7H2,1H3,(H2,20,21,23,25)(H2,22,24,28,29)/b13-8-. The molecule has 3 amide bonds. The number of rotatable bonds is 5. The number of nitrogens with one attached hydrogen (secondary N) is 4. The number of piperidine rings is 1. The molecule has 3 aliphatic rings. The minimum absolute atomic E-state index is 0.171. The van der Waals surface area contributed by atoms with E-state index in [1.165, 1.54) is 0 Å². The van der Waals surface area contributed by atoms with Gasteiger partial charge in [0.2, 0.25) is 11.9 Å². The number of carbonyl (C=O) groups excluding carboxylic acids is 2. The van der Waals surface area contributed by atoms with E-state index in [0.29, 0.717) is 35.2 Å². The molecule has 0 radical (unpaired) electrons. The Labute approximate surface area is 166 Å². The second-order valence-corrected chi connectivity index (χ2v) is 7.81. The first-order valence-electron chi connectivity index (χ1n) is 9.86. The number of hydrogen-bond acceptors (Lipinski definition) is 8. The first-order valence-corrected chi connectivity index (χ1v) is 9.86. The number of carbonyl (C=O) groups is 2. The number of urea groups is 1. The van der Waals surface area contributed by atoms with Gasteiger partial charge < -0.3 is 20.9 Å². The second kappa shape index (κ2) is 6.99. The van der Waals surface area contributed by atoms with Gasteiger partial charge in [-0.3, -0.25) is 10.1 Å². The molecular weight excluding hydrogens is 374 g/mol. The third kappa shape index (κ3) is 3.73. The summed E-state index contributed by atoms with van der Waals surface area (Å²) in [6, 6.07) is 0.176. The number of amides is 3. The lowest BCUT2D eigenvalue weighted by Gasteiger charge is -2.29. The highest BCUT2D eigenvalue weighted by molar-refractivity contribution is 6.14. The van der Waals surface area contributed by atoms with Crippen LogP contribution in [0, 0.1) is 0 Å². The summed E-state index contributed by atoms with van der Waals surface area (Å²) in [4.78, 5) is 34.9. The third-order valence-electron chi connectivity index (χ3n) is 5.38. The minimum atomic E-state index is -0.534. The van der Waals surface area contributed by atoms with Gasteiger partial charge in [0.05, 0.1) is 6.20 Å². The van der Waals surface area contributed by atoms with Crippen LogP contribution in [0.15, 0.2) is 11.9 Å². The van der Waals surface area contributed by atoms with E-state index in [1.807, 2.05) is 0 Å². The number of fused-ring (bicyclic) bond motifs is 1. The molecule has 152 valence electrons. The van der Waals surface area contributed by atoms with Crippen molar-refractivity contribution in [3.63, 3.8) is 0 Å². The summed E-state index contributed by atoms with van der Waals surface area (Å²) in [5, 5.41) is 15.9. The van der Waals surface area contributed by atoms with Crippen molar-refractivity contribution in [2.45, 2.75) is 37.8 Å². The molecule has 0 atom stereocenters. The van der Waals surface area contributed by atoms with Crippen LogP contribution >= 0.6 is 0 Å². The SMILES string of the molecule is CN1CCC(Nc2nc(NC3CC3)n3ncc(/C=C4\NC(=O)NC4=O)c3n2)CC1. The maximum absolute atomic E-state index is 11.9. The first kappa shape index (κ1) is 17.9. The highest BCUT2D eigenvalue weighted by atomic mass is 16.2.